The van der Waals surface area contributed by atoms with Crippen molar-refractivity contribution in [2.24, 2.45) is 10.9 Å². The second-order valence-corrected chi connectivity index (χ2v) is 6.52. The fourth-order valence-electron chi connectivity index (χ4n) is 2.78. The third kappa shape index (κ3) is 7.19. The molecule has 0 aliphatic carbocycles. The first-order valence-electron chi connectivity index (χ1n) is 8.54. The molecule has 0 saturated carbocycles. The molecule has 2 unspecified atom stereocenters. The monoisotopic (exact) mass is 481 g/mol. The van der Waals surface area contributed by atoms with Crippen LogP contribution >= 0.6 is 35.6 Å². The van der Waals surface area contributed by atoms with Gasteiger partial charge in [0.25, 0.3) is 0 Å². The van der Waals surface area contributed by atoms with Gasteiger partial charge < -0.3 is 19.7 Å². The lowest BCUT2D eigenvalue weighted by Crippen LogP contribution is -2.45. The maximum atomic E-state index is 6.17. The predicted octanol–water partition coefficient (Wildman–Crippen LogP) is 3.66. The van der Waals surface area contributed by atoms with Gasteiger partial charge in [0.05, 0.1) is 18.2 Å². The lowest BCUT2D eigenvalue weighted by Gasteiger charge is -2.26. The van der Waals surface area contributed by atoms with E-state index in [1.807, 2.05) is 24.3 Å². The van der Waals surface area contributed by atoms with Gasteiger partial charge in [-0.05, 0) is 25.0 Å². The van der Waals surface area contributed by atoms with Crippen molar-refractivity contribution >= 4 is 41.5 Å². The van der Waals surface area contributed by atoms with E-state index in [4.69, 9.17) is 21.1 Å². The van der Waals surface area contributed by atoms with E-state index >= 15 is 0 Å². The number of ether oxygens (including phenoxy) is 2. The fourth-order valence-corrected chi connectivity index (χ4v) is 2.96. The molecule has 1 aromatic rings. The summed E-state index contributed by atoms with van der Waals surface area (Å²) in [7, 11) is 3.86. The van der Waals surface area contributed by atoms with Gasteiger partial charge in [0.15, 0.2) is 5.96 Å². The van der Waals surface area contributed by atoms with Crippen molar-refractivity contribution in [2.45, 2.75) is 25.9 Å². The molecule has 1 aliphatic rings. The molecule has 0 amide bonds. The summed E-state index contributed by atoms with van der Waals surface area (Å²) in [5, 5.41) is 4.04. The number of aliphatic imine (C=N–C) groups is 1. The Morgan fingerprint density at radius 3 is 2.84 bits per heavy atom. The van der Waals surface area contributed by atoms with Crippen LogP contribution in [0.15, 0.2) is 29.3 Å². The van der Waals surface area contributed by atoms with Gasteiger partial charge in [-0.3, -0.25) is 4.99 Å². The van der Waals surface area contributed by atoms with Crippen molar-refractivity contribution < 1.29 is 9.47 Å². The highest BCUT2D eigenvalue weighted by Crippen LogP contribution is 2.24. The first kappa shape index (κ1) is 22.3. The Morgan fingerprint density at radius 1 is 1.48 bits per heavy atom. The second kappa shape index (κ2) is 11.8. The van der Waals surface area contributed by atoms with Crippen molar-refractivity contribution in [1.29, 1.82) is 0 Å². The van der Waals surface area contributed by atoms with Crippen LogP contribution in [0.2, 0.25) is 5.02 Å². The Morgan fingerprint density at radius 2 is 2.24 bits per heavy atom. The van der Waals surface area contributed by atoms with E-state index in [1.54, 1.807) is 7.05 Å². The van der Waals surface area contributed by atoms with Gasteiger partial charge in [0, 0.05) is 33.2 Å². The SMILES string of the molecule is CCC(CNC(=NC)N(C)CC1CCOC1)Oc1ccccc1Cl.I. The average molecular weight is 482 g/mol. The standard InChI is InChI=1S/C18H28ClN3O2.HI/c1-4-15(24-17-8-6-5-7-16(17)19)11-21-18(20-2)22(3)12-14-9-10-23-13-14;/h5-8,14-15H,4,9-13H2,1-3H3,(H,20,21);1H. The highest BCUT2D eigenvalue weighted by Gasteiger charge is 2.19. The van der Waals surface area contributed by atoms with Crippen LogP contribution in [0.25, 0.3) is 0 Å². The van der Waals surface area contributed by atoms with Gasteiger partial charge in [0.1, 0.15) is 11.9 Å². The molecule has 1 saturated heterocycles. The molecule has 1 N–H and O–H groups in total. The van der Waals surface area contributed by atoms with Crippen LogP contribution in [0, 0.1) is 5.92 Å². The number of rotatable bonds is 7. The minimum atomic E-state index is 0. The summed E-state index contributed by atoms with van der Waals surface area (Å²) in [6.07, 6.45) is 2.04. The number of hydrogen-bond acceptors (Lipinski definition) is 3. The molecule has 2 atom stereocenters. The summed E-state index contributed by atoms with van der Waals surface area (Å²) in [4.78, 5) is 6.52. The number of para-hydroxylation sites is 1. The lowest BCUT2D eigenvalue weighted by molar-refractivity contribution is 0.180. The fraction of sp³-hybridized carbons (Fsp3) is 0.611. The Balaban J connectivity index is 0.00000312. The topological polar surface area (TPSA) is 46.1 Å². The molecule has 5 nitrogen and oxygen atoms in total. The first-order chi connectivity index (χ1) is 11.6. The van der Waals surface area contributed by atoms with Gasteiger partial charge in [-0.2, -0.15) is 0 Å². The van der Waals surface area contributed by atoms with Gasteiger partial charge in [-0.1, -0.05) is 30.7 Å². The van der Waals surface area contributed by atoms with E-state index < -0.39 is 0 Å². The largest absolute Gasteiger partial charge is 0.487 e. The van der Waals surface area contributed by atoms with Gasteiger partial charge in [-0.15, -0.1) is 24.0 Å². The number of guanidine groups is 1. The number of halogens is 2. The molecule has 1 fully saturated rings. The molecule has 1 aliphatic heterocycles. The quantitative estimate of drug-likeness (QED) is 0.367. The normalized spacial score (nSPS) is 18.4. The minimum absolute atomic E-state index is 0. The van der Waals surface area contributed by atoms with Crippen LogP contribution in [0.5, 0.6) is 5.75 Å². The van der Waals surface area contributed by atoms with Gasteiger partial charge in [-0.25, -0.2) is 0 Å². The van der Waals surface area contributed by atoms with Crippen LogP contribution in [0.4, 0.5) is 0 Å². The molecule has 2 rings (SSSR count). The average Bonchev–Trinajstić information content (AvgIpc) is 3.09. The third-order valence-electron chi connectivity index (χ3n) is 4.20. The Kier molecular flexibility index (Phi) is 10.5. The van der Waals surface area contributed by atoms with E-state index in [0.29, 0.717) is 17.5 Å². The number of nitrogens with zero attached hydrogens (tertiary/aromatic N) is 2. The number of hydrogen-bond donors (Lipinski definition) is 1. The van der Waals surface area contributed by atoms with Crippen LogP contribution in [0.1, 0.15) is 19.8 Å². The zero-order valence-corrected chi connectivity index (χ0v) is 18.3. The molecule has 0 radical (unpaired) electrons. The molecule has 1 aromatic carbocycles. The maximum absolute atomic E-state index is 6.17. The van der Waals surface area contributed by atoms with Crippen molar-refractivity contribution in [3.8, 4) is 5.75 Å². The summed E-state index contributed by atoms with van der Waals surface area (Å²) < 4.78 is 11.5. The summed E-state index contributed by atoms with van der Waals surface area (Å²) in [5.41, 5.74) is 0. The molecule has 0 aromatic heterocycles. The summed E-state index contributed by atoms with van der Waals surface area (Å²) in [6.45, 7) is 5.44. The van der Waals surface area contributed by atoms with Gasteiger partial charge in [0.2, 0.25) is 0 Å². The minimum Gasteiger partial charge on any atom is -0.487 e. The van der Waals surface area contributed by atoms with Crippen molar-refractivity contribution in [1.82, 2.24) is 10.2 Å². The van der Waals surface area contributed by atoms with Crippen LogP contribution in [-0.4, -0.2) is 57.4 Å². The smallest absolute Gasteiger partial charge is 0.193 e. The second-order valence-electron chi connectivity index (χ2n) is 6.12. The molecule has 0 bridgehead atoms. The molecule has 1 heterocycles. The third-order valence-corrected chi connectivity index (χ3v) is 4.52. The Hall–Kier alpha value is -0.730. The molecule has 142 valence electrons. The molecular formula is C18H29ClIN3O2. The van der Waals surface area contributed by atoms with Gasteiger partial charge >= 0.3 is 0 Å². The highest BCUT2D eigenvalue weighted by molar-refractivity contribution is 14.0. The van der Waals surface area contributed by atoms with Crippen LogP contribution in [0.3, 0.4) is 0 Å². The summed E-state index contributed by atoms with van der Waals surface area (Å²) in [5.74, 6) is 2.18. The molecular weight excluding hydrogens is 453 g/mol. The Bertz CT molecular complexity index is 539. The van der Waals surface area contributed by atoms with E-state index in [1.165, 1.54) is 0 Å². The molecule has 0 spiro atoms. The van der Waals surface area contributed by atoms with E-state index in [9.17, 15) is 0 Å². The number of benzene rings is 1. The van der Waals surface area contributed by atoms with E-state index in [0.717, 1.165) is 44.3 Å². The van der Waals surface area contributed by atoms with E-state index in [-0.39, 0.29) is 30.1 Å². The molecule has 7 heteroatoms. The van der Waals surface area contributed by atoms with E-state index in [2.05, 4.69) is 29.2 Å². The summed E-state index contributed by atoms with van der Waals surface area (Å²) in [6, 6.07) is 7.56. The Labute approximate surface area is 173 Å². The molecule has 25 heavy (non-hydrogen) atoms. The maximum Gasteiger partial charge on any atom is 0.193 e. The zero-order valence-electron chi connectivity index (χ0n) is 15.2. The lowest BCUT2D eigenvalue weighted by atomic mass is 10.1. The number of nitrogens with one attached hydrogen (secondary N) is 1. The van der Waals surface area contributed by atoms with Crippen molar-refractivity contribution in [2.75, 3.05) is 40.4 Å². The predicted molar refractivity (Wildman–Crippen MR) is 114 cm³/mol. The zero-order chi connectivity index (χ0) is 17.4. The highest BCUT2D eigenvalue weighted by atomic mass is 127. The first-order valence-corrected chi connectivity index (χ1v) is 8.92. The van der Waals surface area contributed by atoms with Crippen LogP contribution < -0.4 is 10.1 Å². The van der Waals surface area contributed by atoms with Crippen molar-refractivity contribution in [3.05, 3.63) is 29.3 Å². The van der Waals surface area contributed by atoms with Crippen molar-refractivity contribution in [3.63, 3.8) is 0 Å². The summed E-state index contributed by atoms with van der Waals surface area (Å²) >= 11 is 6.17. The van der Waals surface area contributed by atoms with Crippen LogP contribution in [-0.2, 0) is 4.74 Å².